The van der Waals surface area contributed by atoms with Crippen LogP contribution in [0.4, 0.5) is 11.4 Å². The van der Waals surface area contributed by atoms with Gasteiger partial charge in [0.05, 0.1) is 10.5 Å². The number of carbonyl (C=O) groups excluding carboxylic acids is 1. The number of nitro benzene ring substituents is 1. The third-order valence-electron chi connectivity index (χ3n) is 2.41. The lowest BCUT2D eigenvalue weighted by molar-refractivity contribution is -0.384. The Labute approximate surface area is 104 Å². The van der Waals surface area contributed by atoms with Crippen LogP contribution in [-0.4, -0.2) is 23.9 Å². The summed E-state index contributed by atoms with van der Waals surface area (Å²) in [7, 11) is 0. The van der Waals surface area contributed by atoms with Crippen LogP contribution in [0.1, 0.15) is 22.3 Å². The third-order valence-corrected chi connectivity index (χ3v) is 2.41. The summed E-state index contributed by atoms with van der Waals surface area (Å²) in [6.07, 6.45) is 0.638. The van der Waals surface area contributed by atoms with Crippen molar-refractivity contribution in [2.75, 3.05) is 18.8 Å². The lowest BCUT2D eigenvalue weighted by Gasteiger charge is -2.08. The molecule has 0 aliphatic heterocycles. The summed E-state index contributed by atoms with van der Waals surface area (Å²) < 4.78 is 0. The highest BCUT2D eigenvalue weighted by atomic mass is 16.6. The van der Waals surface area contributed by atoms with Crippen molar-refractivity contribution in [1.82, 2.24) is 5.32 Å². The van der Waals surface area contributed by atoms with Crippen LogP contribution >= 0.6 is 0 Å². The molecule has 0 aliphatic rings. The van der Waals surface area contributed by atoms with E-state index in [4.69, 9.17) is 11.5 Å². The molecule has 0 heterocycles. The van der Waals surface area contributed by atoms with Crippen LogP contribution in [0.5, 0.6) is 0 Å². The molecule has 1 aromatic rings. The molecule has 98 valence electrons. The Morgan fingerprint density at radius 3 is 2.72 bits per heavy atom. The van der Waals surface area contributed by atoms with Crippen molar-refractivity contribution >= 4 is 17.3 Å². The first-order valence-corrected chi connectivity index (χ1v) is 5.50. The van der Waals surface area contributed by atoms with Crippen molar-refractivity contribution in [1.29, 1.82) is 0 Å². The van der Waals surface area contributed by atoms with Crippen molar-refractivity contribution in [2.45, 2.75) is 13.3 Å². The summed E-state index contributed by atoms with van der Waals surface area (Å²) in [5, 5.41) is 13.4. The SMILES string of the molecule is Cc1cc(C(=O)NCCCN)c(N)c([N+](=O)[O-])c1. The normalized spacial score (nSPS) is 10.1. The van der Waals surface area contributed by atoms with Gasteiger partial charge < -0.3 is 16.8 Å². The molecule has 18 heavy (non-hydrogen) atoms. The van der Waals surface area contributed by atoms with Gasteiger partial charge in [-0.3, -0.25) is 14.9 Å². The number of rotatable bonds is 5. The van der Waals surface area contributed by atoms with Gasteiger partial charge in [-0.25, -0.2) is 0 Å². The fourth-order valence-electron chi connectivity index (χ4n) is 1.52. The zero-order chi connectivity index (χ0) is 13.7. The van der Waals surface area contributed by atoms with E-state index in [9.17, 15) is 14.9 Å². The molecule has 0 radical (unpaired) electrons. The van der Waals surface area contributed by atoms with Crippen LogP contribution in [0.15, 0.2) is 12.1 Å². The van der Waals surface area contributed by atoms with Gasteiger partial charge in [0.2, 0.25) is 0 Å². The number of nitrogens with one attached hydrogen (secondary N) is 1. The average Bonchev–Trinajstić information content (AvgIpc) is 2.31. The Balaban J connectivity index is 3.01. The maximum Gasteiger partial charge on any atom is 0.293 e. The largest absolute Gasteiger partial charge is 0.393 e. The molecule has 0 bridgehead atoms. The molecule has 7 heteroatoms. The molecule has 0 fully saturated rings. The lowest BCUT2D eigenvalue weighted by atomic mass is 10.1. The molecular weight excluding hydrogens is 236 g/mol. The fraction of sp³-hybridized carbons (Fsp3) is 0.364. The van der Waals surface area contributed by atoms with Gasteiger partial charge >= 0.3 is 0 Å². The number of amides is 1. The second-order valence-corrected chi connectivity index (χ2v) is 3.90. The van der Waals surface area contributed by atoms with E-state index in [-0.39, 0.29) is 16.9 Å². The number of nitrogens with zero attached hydrogens (tertiary/aromatic N) is 1. The number of benzene rings is 1. The molecule has 0 unspecified atom stereocenters. The molecule has 0 atom stereocenters. The number of hydrogen-bond donors (Lipinski definition) is 3. The van der Waals surface area contributed by atoms with E-state index in [1.165, 1.54) is 12.1 Å². The third kappa shape index (κ3) is 3.17. The molecule has 1 rings (SSSR count). The van der Waals surface area contributed by atoms with Gasteiger partial charge in [-0.05, 0) is 31.5 Å². The molecule has 1 aromatic carbocycles. The van der Waals surface area contributed by atoms with E-state index in [1.807, 2.05) is 0 Å². The molecule has 5 N–H and O–H groups in total. The summed E-state index contributed by atoms with van der Waals surface area (Å²) >= 11 is 0. The first kappa shape index (κ1) is 13.9. The van der Waals surface area contributed by atoms with Crippen molar-refractivity contribution in [3.05, 3.63) is 33.4 Å². The van der Waals surface area contributed by atoms with Gasteiger partial charge in [-0.1, -0.05) is 0 Å². The van der Waals surface area contributed by atoms with Crippen LogP contribution in [0, 0.1) is 17.0 Å². The quantitative estimate of drug-likeness (QED) is 0.306. The maximum atomic E-state index is 11.8. The summed E-state index contributed by atoms with van der Waals surface area (Å²) in [5.74, 6) is -0.423. The predicted molar refractivity (Wildman–Crippen MR) is 68.3 cm³/mol. The Bertz CT molecular complexity index is 474. The number of nitrogen functional groups attached to an aromatic ring is 1. The minimum absolute atomic E-state index is 0.115. The first-order valence-electron chi connectivity index (χ1n) is 5.50. The summed E-state index contributed by atoms with van der Waals surface area (Å²) in [6, 6.07) is 2.87. The molecular formula is C11H16N4O3. The molecule has 1 amide bonds. The van der Waals surface area contributed by atoms with Crippen molar-refractivity contribution in [3.63, 3.8) is 0 Å². The monoisotopic (exact) mass is 252 g/mol. The van der Waals surface area contributed by atoms with Crippen molar-refractivity contribution in [3.8, 4) is 0 Å². The molecule has 0 saturated heterocycles. The Hall–Kier alpha value is -2.15. The predicted octanol–water partition coefficient (Wildman–Crippen LogP) is 0.564. The van der Waals surface area contributed by atoms with E-state index in [2.05, 4.69) is 5.32 Å². The molecule has 7 nitrogen and oxygen atoms in total. The fourth-order valence-corrected chi connectivity index (χ4v) is 1.52. The van der Waals surface area contributed by atoms with E-state index in [1.54, 1.807) is 6.92 Å². The van der Waals surface area contributed by atoms with Crippen molar-refractivity contribution in [2.24, 2.45) is 5.73 Å². The van der Waals surface area contributed by atoms with Gasteiger partial charge in [-0.15, -0.1) is 0 Å². The second kappa shape index (κ2) is 5.97. The highest BCUT2D eigenvalue weighted by Gasteiger charge is 2.20. The average molecular weight is 252 g/mol. The van der Waals surface area contributed by atoms with Gasteiger partial charge in [0.25, 0.3) is 11.6 Å². The Morgan fingerprint density at radius 2 is 2.17 bits per heavy atom. The smallest absolute Gasteiger partial charge is 0.293 e. The Morgan fingerprint density at radius 1 is 1.50 bits per heavy atom. The maximum absolute atomic E-state index is 11.8. The molecule has 0 saturated carbocycles. The number of nitro groups is 1. The molecule has 0 aromatic heterocycles. The number of aryl methyl sites for hydroxylation is 1. The standard InChI is InChI=1S/C11H16N4O3/c1-7-5-8(11(16)14-4-2-3-12)10(13)9(6-7)15(17)18/h5-6H,2-4,12-13H2,1H3,(H,14,16). The summed E-state index contributed by atoms with van der Waals surface area (Å²) in [6.45, 7) is 2.54. The number of carbonyl (C=O) groups is 1. The van der Waals surface area contributed by atoms with E-state index in [0.717, 1.165) is 0 Å². The van der Waals surface area contributed by atoms with Gasteiger partial charge in [-0.2, -0.15) is 0 Å². The highest BCUT2D eigenvalue weighted by molar-refractivity contribution is 6.01. The van der Waals surface area contributed by atoms with Crippen molar-refractivity contribution < 1.29 is 9.72 Å². The van der Waals surface area contributed by atoms with Crippen LogP contribution in [-0.2, 0) is 0 Å². The van der Waals surface area contributed by atoms with Crippen LogP contribution in [0.25, 0.3) is 0 Å². The number of hydrogen-bond acceptors (Lipinski definition) is 5. The van der Waals surface area contributed by atoms with Crippen LogP contribution in [0.3, 0.4) is 0 Å². The number of anilines is 1. The Kier molecular flexibility index (Phi) is 4.61. The topological polar surface area (TPSA) is 124 Å². The van der Waals surface area contributed by atoms with Crippen LogP contribution in [0.2, 0.25) is 0 Å². The van der Waals surface area contributed by atoms with E-state index < -0.39 is 10.8 Å². The number of nitrogens with two attached hydrogens (primary N) is 2. The van der Waals surface area contributed by atoms with Gasteiger partial charge in [0.15, 0.2) is 0 Å². The lowest BCUT2D eigenvalue weighted by Crippen LogP contribution is -2.27. The summed E-state index contributed by atoms with van der Waals surface area (Å²) in [4.78, 5) is 22.0. The van der Waals surface area contributed by atoms with Crippen LogP contribution < -0.4 is 16.8 Å². The van der Waals surface area contributed by atoms with E-state index in [0.29, 0.717) is 25.1 Å². The minimum Gasteiger partial charge on any atom is -0.393 e. The first-order chi connectivity index (χ1) is 8.47. The van der Waals surface area contributed by atoms with Gasteiger partial charge in [0.1, 0.15) is 5.69 Å². The van der Waals surface area contributed by atoms with Gasteiger partial charge in [0, 0.05) is 12.6 Å². The molecule has 0 aliphatic carbocycles. The zero-order valence-corrected chi connectivity index (χ0v) is 10.1. The highest BCUT2D eigenvalue weighted by Crippen LogP contribution is 2.26. The minimum atomic E-state index is -0.598. The second-order valence-electron chi connectivity index (χ2n) is 3.90. The van der Waals surface area contributed by atoms with E-state index >= 15 is 0 Å². The molecule has 0 spiro atoms. The zero-order valence-electron chi connectivity index (χ0n) is 10.1. The summed E-state index contributed by atoms with van der Waals surface area (Å²) in [5.41, 5.74) is 11.3.